The fraction of sp³-hybridized carbons (Fsp3) is 0.773. The maximum Gasteiger partial charge on any atom is 0.251 e. The van der Waals surface area contributed by atoms with Crippen molar-refractivity contribution in [3.63, 3.8) is 0 Å². The Balaban J connectivity index is 1.36. The molecular weight excluding hydrogens is 484 g/mol. The molecule has 2 saturated heterocycles. The van der Waals surface area contributed by atoms with Crippen LogP contribution in [0.2, 0.25) is 0 Å². The van der Waals surface area contributed by atoms with Gasteiger partial charge in [0.25, 0.3) is 5.92 Å². The summed E-state index contributed by atoms with van der Waals surface area (Å²) in [7, 11) is -3.40. The van der Waals surface area contributed by atoms with Crippen LogP contribution in [0.3, 0.4) is 0 Å². The van der Waals surface area contributed by atoms with Crippen LogP contribution in [0.1, 0.15) is 57.4 Å². The van der Waals surface area contributed by atoms with E-state index in [-0.39, 0.29) is 41.7 Å². The first kappa shape index (κ1) is 25.9. The molecular formula is C22H31F2N5O5S. The Hall–Kier alpha value is -2.14. The fourth-order valence-electron chi connectivity index (χ4n) is 4.88. The van der Waals surface area contributed by atoms with E-state index in [2.05, 4.69) is 15.3 Å². The van der Waals surface area contributed by atoms with Gasteiger partial charge in [-0.05, 0) is 39.0 Å². The largest absolute Gasteiger partial charge is 0.470 e. The number of aliphatic hydroxyl groups is 1. The molecule has 1 aliphatic carbocycles. The molecule has 4 rings (SSSR count). The second-order valence-corrected chi connectivity index (χ2v) is 11.8. The van der Waals surface area contributed by atoms with Crippen LogP contribution in [-0.2, 0) is 14.8 Å². The van der Waals surface area contributed by atoms with Gasteiger partial charge < -0.3 is 19.9 Å². The molecule has 194 valence electrons. The van der Waals surface area contributed by atoms with E-state index < -0.39 is 40.5 Å². The number of aromatic nitrogens is 2. The summed E-state index contributed by atoms with van der Waals surface area (Å²) in [6, 6.07) is 1.82. The van der Waals surface area contributed by atoms with Gasteiger partial charge in [0.1, 0.15) is 23.3 Å². The average Bonchev–Trinajstić information content (AvgIpc) is 3.28. The number of nitriles is 1. The predicted octanol–water partition coefficient (Wildman–Crippen LogP) is 2.05. The highest BCUT2D eigenvalue weighted by atomic mass is 32.2. The van der Waals surface area contributed by atoms with E-state index >= 15 is 0 Å². The molecule has 1 aromatic rings. The summed E-state index contributed by atoms with van der Waals surface area (Å²) in [5.74, 6) is -2.88. The molecule has 0 spiro atoms. The lowest BCUT2D eigenvalue weighted by Crippen LogP contribution is -2.51. The second-order valence-electron chi connectivity index (χ2n) is 9.79. The minimum absolute atomic E-state index is 0.00139. The highest BCUT2D eigenvalue weighted by molar-refractivity contribution is 7.89. The minimum atomic E-state index is -3.40. The smallest absolute Gasteiger partial charge is 0.251 e. The second kappa shape index (κ2) is 10.1. The Labute approximate surface area is 203 Å². The van der Waals surface area contributed by atoms with E-state index in [0.717, 1.165) is 12.8 Å². The molecule has 13 heteroatoms. The van der Waals surface area contributed by atoms with E-state index in [1.54, 1.807) is 0 Å². The van der Waals surface area contributed by atoms with Gasteiger partial charge in [0.05, 0.1) is 18.1 Å². The summed E-state index contributed by atoms with van der Waals surface area (Å²) in [6.45, 7) is 2.60. The number of hydrogen-bond acceptors (Lipinski definition) is 9. The van der Waals surface area contributed by atoms with E-state index in [4.69, 9.17) is 9.47 Å². The van der Waals surface area contributed by atoms with Gasteiger partial charge in [0, 0.05) is 38.6 Å². The number of alkyl halides is 2. The normalized spacial score (nSPS) is 30.0. The Morgan fingerprint density at radius 2 is 2.09 bits per heavy atom. The molecule has 35 heavy (non-hydrogen) atoms. The van der Waals surface area contributed by atoms with Crippen molar-refractivity contribution in [2.75, 3.05) is 30.8 Å². The lowest BCUT2D eigenvalue weighted by atomic mass is 9.81. The fourth-order valence-corrected chi connectivity index (χ4v) is 6.59. The van der Waals surface area contributed by atoms with Crippen molar-refractivity contribution in [1.29, 1.82) is 5.26 Å². The number of nitrogens with zero attached hydrogens (tertiary/aromatic N) is 4. The van der Waals surface area contributed by atoms with Crippen LogP contribution >= 0.6 is 0 Å². The lowest BCUT2D eigenvalue weighted by molar-refractivity contribution is -0.162. The van der Waals surface area contributed by atoms with E-state index in [0.29, 0.717) is 32.5 Å². The third kappa shape index (κ3) is 6.35. The van der Waals surface area contributed by atoms with Crippen LogP contribution in [-0.4, -0.2) is 83.0 Å². The quantitative estimate of drug-likeness (QED) is 0.559. The number of piperidine rings is 1. The van der Waals surface area contributed by atoms with Crippen molar-refractivity contribution in [1.82, 2.24) is 14.3 Å². The monoisotopic (exact) mass is 515 g/mol. The summed E-state index contributed by atoms with van der Waals surface area (Å²) < 4.78 is 65.5. The molecule has 3 atom stereocenters. The van der Waals surface area contributed by atoms with Crippen LogP contribution in [0.5, 0.6) is 5.88 Å². The van der Waals surface area contributed by atoms with Crippen LogP contribution < -0.4 is 10.1 Å². The van der Waals surface area contributed by atoms with Crippen LogP contribution in [0.4, 0.5) is 14.7 Å². The lowest BCUT2D eigenvalue weighted by Gasteiger charge is -2.40. The van der Waals surface area contributed by atoms with E-state index in [1.165, 1.54) is 17.4 Å². The van der Waals surface area contributed by atoms with Gasteiger partial charge >= 0.3 is 0 Å². The number of anilines is 1. The van der Waals surface area contributed by atoms with Crippen molar-refractivity contribution >= 4 is 16.0 Å². The highest BCUT2D eigenvalue weighted by Crippen LogP contribution is 2.41. The van der Waals surface area contributed by atoms with Crippen molar-refractivity contribution in [3.8, 4) is 11.9 Å². The van der Waals surface area contributed by atoms with Gasteiger partial charge in [-0.25, -0.2) is 26.5 Å². The van der Waals surface area contributed by atoms with Gasteiger partial charge in [0.15, 0.2) is 0 Å². The van der Waals surface area contributed by atoms with Crippen molar-refractivity contribution < 1.29 is 31.8 Å². The minimum Gasteiger partial charge on any atom is -0.470 e. The number of hydrogen-bond donors (Lipinski definition) is 2. The maximum absolute atomic E-state index is 13.7. The molecule has 0 amide bonds. The zero-order valence-corrected chi connectivity index (χ0v) is 20.4. The van der Waals surface area contributed by atoms with Crippen LogP contribution in [0.25, 0.3) is 0 Å². The van der Waals surface area contributed by atoms with Gasteiger partial charge in [0.2, 0.25) is 21.9 Å². The number of halogens is 2. The molecule has 10 nitrogen and oxygen atoms in total. The molecule has 0 bridgehead atoms. The van der Waals surface area contributed by atoms with Gasteiger partial charge in [-0.3, -0.25) is 0 Å². The van der Waals surface area contributed by atoms with E-state index in [1.807, 2.05) is 6.07 Å². The molecule has 0 radical (unpaired) electrons. The molecule has 3 fully saturated rings. The number of sulfonamides is 1. The third-order valence-corrected chi connectivity index (χ3v) is 8.76. The number of ether oxygens (including phenoxy) is 2. The maximum atomic E-state index is 13.7. The predicted molar refractivity (Wildman–Crippen MR) is 122 cm³/mol. The van der Waals surface area contributed by atoms with Gasteiger partial charge in [-0.15, -0.1) is 0 Å². The molecule has 0 aromatic carbocycles. The first-order valence-corrected chi connectivity index (χ1v) is 13.5. The van der Waals surface area contributed by atoms with E-state index in [9.17, 15) is 27.6 Å². The zero-order chi connectivity index (χ0) is 25.3. The first-order chi connectivity index (χ1) is 16.5. The SMILES string of the molecule is C[C@@]1(O)CC(F)(F)CC[C@@H]1Oc1nc(NC2CCN(S(=O)(=O)CC3CCCO3)CC2)ncc1C#N. The van der Waals surface area contributed by atoms with Crippen LogP contribution in [0.15, 0.2) is 6.20 Å². The molecule has 2 N–H and O–H groups in total. The van der Waals surface area contributed by atoms with Crippen molar-refractivity contribution in [2.24, 2.45) is 0 Å². The first-order valence-electron chi connectivity index (χ1n) is 11.9. The molecule has 2 aliphatic heterocycles. The van der Waals surface area contributed by atoms with Gasteiger partial charge in [-0.2, -0.15) is 10.2 Å². The summed E-state index contributed by atoms with van der Waals surface area (Å²) in [5.41, 5.74) is -1.76. The molecule has 3 aliphatic rings. The topological polar surface area (TPSA) is 138 Å². The summed E-state index contributed by atoms with van der Waals surface area (Å²) in [6.07, 6.45) is 1.55. The Kier molecular flexibility index (Phi) is 7.47. The average molecular weight is 516 g/mol. The Morgan fingerprint density at radius 3 is 2.71 bits per heavy atom. The summed E-state index contributed by atoms with van der Waals surface area (Å²) in [5, 5.41) is 23.0. The zero-order valence-electron chi connectivity index (χ0n) is 19.6. The van der Waals surface area contributed by atoms with Gasteiger partial charge in [-0.1, -0.05) is 0 Å². The molecule has 3 heterocycles. The van der Waals surface area contributed by atoms with Crippen molar-refractivity contribution in [3.05, 3.63) is 11.8 Å². The van der Waals surface area contributed by atoms with Crippen LogP contribution in [0, 0.1) is 11.3 Å². The summed E-state index contributed by atoms with van der Waals surface area (Å²) >= 11 is 0. The van der Waals surface area contributed by atoms with Crippen molar-refractivity contribution in [2.45, 2.75) is 81.6 Å². The standard InChI is InChI=1S/C22H31F2N5O5S/c1-21(30)14-22(23,24)7-4-18(21)34-19-15(11-25)12-26-20(28-19)27-16-5-8-29(9-6-16)35(31,32)13-17-3-2-10-33-17/h12,16-18,30H,2-10,13-14H2,1H3,(H,26,27,28)/t17?,18-,21+/m0/s1. The Bertz CT molecular complexity index is 1050. The Morgan fingerprint density at radius 1 is 1.34 bits per heavy atom. The third-order valence-electron chi connectivity index (χ3n) is 6.81. The number of rotatable bonds is 7. The molecule has 1 aromatic heterocycles. The highest BCUT2D eigenvalue weighted by Gasteiger charge is 2.49. The molecule has 1 unspecified atom stereocenters. The number of nitrogens with one attached hydrogen (secondary N) is 1. The summed E-state index contributed by atoms with van der Waals surface area (Å²) in [4.78, 5) is 8.39. The molecule has 1 saturated carbocycles.